The van der Waals surface area contributed by atoms with Gasteiger partial charge in [-0.2, -0.15) is 0 Å². The molecule has 0 spiro atoms. The maximum atomic E-state index is 12.7. The highest BCUT2D eigenvalue weighted by Crippen LogP contribution is 2.32. The van der Waals surface area contributed by atoms with Crippen molar-refractivity contribution in [3.05, 3.63) is 23.8 Å². The van der Waals surface area contributed by atoms with E-state index >= 15 is 0 Å². The number of hydrazine groups is 1. The summed E-state index contributed by atoms with van der Waals surface area (Å²) in [5, 5.41) is 7.55. The Morgan fingerprint density at radius 2 is 1.68 bits per heavy atom. The summed E-state index contributed by atoms with van der Waals surface area (Å²) in [5.74, 6) is -0.157. The van der Waals surface area contributed by atoms with Gasteiger partial charge >= 0.3 is 0 Å². The average Bonchev–Trinajstić information content (AvgIpc) is 3.33. The van der Waals surface area contributed by atoms with Gasteiger partial charge in [0.1, 0.15) is 0 Å². The summed E-state index contributed by atoms with van der Waals surface area (Å²) in [4.78, 5) is 47.5. The first-order valence-corrected chi connectivity index (χ1v) is 8.94. The molecule has 2 N–H and O–H groups in total. The van der Waals surface area contributed by atoms with Crippen molar-refractivity contribution < 1.29 is 28.7 Å². The minimum atomic E-state index is -0.471. The van der Waals surface area contributed by atoms with Crippen LogP contribution in [0.2, 0.25) is 0 Å². The number of hydrogen-bond donors (Lipinski definition) is 2. The first kappa shape index (κ1) is 19.5. The van der Waals surface area contributed by atoms with Crippen LogP contribution < -0.4 is 20.1 Å². The number of nitrogens with one attached hydrogen (secondary N) is 2. The normalized spacial score (nSPS) is 14.8. The van der Waals surface area contributed by atoms with Crippen LogP contribution in [0.1, 0.15) is 18.9 Å². The molecule has 0 atom stereocenters. The van der Waals surface area contributed by atoms with Gasteiger partial charge in [0.05, 0.1) is 19.5 Å². The highest BCUT2D eigenvalue weighted by atomic mass is 16.7. The van der Waals surface area contributed by atoms with E-state index < -0.39 is 5.91 Å². The van der Waals surface area contributed by atoms with Gasteiger partial charge < -0.3 is 20.1 Å². The molecule has 2 aliphatic rings. The summed E-state index contributed by atoms with van der Waals surface area (Å²) in [7, 11) is 0. The first-order chi connectivity index (χ1) is 13.4. The average molecular weight is 390 g/mol. The lowest BCUT2D eigenvalue weighted by molar-refractivity contribution is -0.157. The van der Waals surface area contributed by atoms with E-state index in [1.165, 1.54) is 16.9 Å². The first-order valence-electron chi connectivity index (χ1n) is 8.94. The van der Waals surface area contributed by atoms with Crippen LogP contribution in [0, 0.1) is 0 Å². The van der Waals surface area contributed by atoms with E-state index in [2.05, 4.69) is 10.6 Å². The maximum Gasteiger partial charge on any atom is 0.260 e. The molecule has 10 heteroatoms. The number of hydrogen-bond acceptors (Lipinski definition) is 6. The molecule has 1 aromatic rings. The fraction of sp³-hybridized carbons (Fsp3) is 0.444. The number of carbonyl (C=O) groups excluding carboxylic acids is 4. The van der Waals surface area contributed by atoms with Gasteiger partial charge in [-0.3, -0.25) is 24.2 Å². The van der Waals surface area contributed by atoms with Crippen molar-refractivity contribution in [3.63, 3.8) is 0 Å². The molecule has 0 radical (unpaired) electrons. The standard InChI is InChI=1S/C18H22N4O6/c1-12(23)19-9-16(24)20-10-18(26)22-6-2-5-21(22)17(25)8-13-3-4-14-15(7-13)28-11-27-14/h3-4,7H,2,5-6,8-11H2,1H3,(H,19,23)(H,20,24). The number of ether oxygens (including phenoxy) is 2. The lowest BCUT2D eigenvalue weighted by atomic mass is 10.1. The molecular weight excluding hydrogens is 368 g/mol. The Hall–Kier alpha value is -3.30. The minimum absolute atomic E-state index is 0.120. The predicted octanol–water partition coefficient (Wildman–Crippen LogP) is -0.814. The summed E-state index contributed by atoms with van der Waals surface area (Å²) in [5.41, 5.74) is 0.761. The molecule has 0 bridgehead atoms. The Bertz CT molecular complexity index is 796. The fourth-order valence-corrected chi connectivity index (χ4v) is 2.98. The molecule has 2 aliphatic heterocycles. The van der Waals surface area contributed by atoms with Crippen molar-refractivity contribution in [1.29, 1.82) is 0 Å². The number of carbonyl (C=O) groups is 4. The summed E-state index contributed by atoms with van der Waals surface area (Å²) in [6.45, 7) is 1.87. The summed E-state index contributed by atoms with van der Waals surface area (Å²) < 4.78 is 10.6. The molecule has 28 heavy (non-hydrogen) atoms. The van der Waals surface area contributed by atoms with E-state index in [4.69, 9.17) is 9.47 Å². The van der Waals surface area contributed by atoms with Crippen LogP contribution in [-0.2, 0) is 25.6 Å². The highest BCUT2D eigenvalue weighted by Gasteiger charge is 2.30. The van der Waals surface area contributed by atoms with Gasteiger partial charge in [0, 0.05) is 20.0 Å². The molecule has 150 valence electrons. The van der Waals surface area contributed by atoms with Crippen LogP contribution in [0.15, 0.2) is 18.2 Å². The summed E-state index contributed by atoms with van der Waals surface area (Å²) in [6.07, 6.45) is 0.785. The van der Waals surface area contributed by atoms with Crippen molar-refractivity contribution in [2.45, 2.75) is 19.8 Å². The van der Waals surface area contributed by atoms with Crippen LogP contribution in [0.4, 0.5) is 0 Å². The fourth-order valence-electron chi connectivity index (χ4n) is 2.98. The maximum absolute atomic E-state index is 12.7. The molecular formula is C18H22N4O6. The lowest BCUT2D eigenvalue weighted by Crippen LogP contribution is -2.49. The van der Waals surface area contributed by atoms with Crippen LogP contribution in [0.25, 0.3) is 0 Å². The van der Waals surface area contributed by atoms with E-state index in [1.807, 2.05) is 0 Å². The third-order valence-corrected chi connectivity index (χ3v) is 4.33. The third-order valence-electron chi connectivity index (χ3n) is 4.33. The Balaban J connectivity index is 1.53. The van der Waals surface area contributed by atoms with Crippen molar-refractivity contribution in [3.8, 4) is 11.5 Å². The van der Waals surface area contributed by atoms with Gasteiger partial charge in [-0.15, -0.1) is 0 Å². The highest BCUT2D eigenvalue weighted by molar-refractivity contribution is 5.89. The van der Waals surface area contributed by atoms with Crippen LogP contribution in [0.5, 0.6) is 11.5 Å². The van der Waals surface area contributed by atoms with Gasteiger partial charge in [-0.1, -0.05) is 6.07 Å². The Morgan fingerprint density at radius 1 is 0.964 bits per heavy atom. The zero-order valence-corrected chi connectivity index (χ0v) is 15.5. The molecule has 1 aromatic carbocycles. The van der Waals surface area contributed by atoms with E-state index in [9.17, 15) is 19.2 Å². The topological polar surface area (TPSA) is 117 Å². The Morgan fingerprint density at radius 3 is 2.43 bits per heavy atom. The van der Waals surface area contributed by atoms with Crippen molar-refractivity contribution in [2.75, 3.05) is 33.0 Å². The molecule has 3 rings (SSSR count). The van der Waals surface area contributed by atoms with E-state index in [1.54, 1.807) is 18.2 Å². The van der Waals surface area contributed by atoms with E-state index in [0.717, 1.165) is 5.56 Å². The molecule has 1 fully saturated rings. The minimum Gasteiger partial charge on any atom is -0.454 e. The van der Waals surface area contributed by atoms with Gasteiger partial charge in [-0.25, -0.2) is 5.01 Å². The SMILES string of the molecule is CC(=O)NCC(=O)NCC(=O)N1CCCN1C(=O)Cc1ccc2c(c1)OCO2. The van der Waals surface area contributed by atoms with Crippen molar-refractivity contribution in [2.24, 2.45) is 0 Å². The molecule has 1 saturated heterocycles. The molecule has 0 aromatic heterocycles. The Kier molecular flexibility index (Phi) is 5.97. The van der Waals surface area contributed by atoms with Gasteiger partial charge in [0.2, 0.25) is 24.5 Å². The quantitative estimate of drug-likeness (QED) is 0.656. The second kappa shape index (κ2) is 8.59. The Labute approximate surface area is 161 Å². The molecule has 10 nitrogen and oxygen atoms in total. The second-order valence-corrected chi connectivity index (χ2v) is 6.44. The zero-order valence-electron chi connectivity index (χ0n) is 15.5. The van der Waals surface area contributed by atoms with Gasteiger partial charge in [0.15, 0.2) is 11.5 Å². The molecule has 0 aliphatic carbocycles. The molecule has 4 amide bonds. The van der Waals surface area contributed by atoms with Crippen LogP contribution in [0.3, 0.4) is 0 Å². The van der Waals surface area contributed by atoms with Crippen molar-refractivity contribution in [1.82, 2.24) is 20.7 Å². The predicted molar refractivity (Wildman–Crippen MR) is 96.0 cm³/mol. The molecule has 0 saturated carbocycles. The largest absolute Gasteiger partial charge is 0.454 e. The number of benzene rings is 1. The van der Waals surface area contributed by atoms with Gasteiger partial charge in [-0.05, 0) is 24.1 Å². The van der Waals surface area contributed by atoms with E-state index in [-0.39, 0.29) is 44.0 Å². The number of nitrogens with zero attached hydrogens (tertiary/aromatic N) is 2. The smallest absolute Gasteiger partial charge is 0.260 e. The third kappa shape index (κ3) is 4.70. The summed E-state index contributed by atoms with van der Waals surface area (Å²) in [6, 6.07) is 5.29. The number of rotatable bonds is 6. The van der Waals surface area contributed by atoms with Crippen LogP contribution >= 0.6 is 0 Å². The summed E-state index contributed by atoms with van der Waals surface area (Å²) >= 11 is 0. The van der Waals surface area contributed by atoms with Crippen molar-refractivity contribution >= 4 is 23.6 Å². The molecule has 2 heterocycles. The number of amides is 4. The monoisotopic (exact) mass is 390 g/mol. The number of fused-ring (bicyclic) bond motifs is 1. The zero-order chi connectivity index (χ0) is 20.1. The van der Waals surface area contributed by atoms with Gasteiger partial charge in [0.25, 0.3) is 5.91 Å². The molecule has 0 unspecified atom stereocenters. The van der Waals surface area contributed by atoms with Crippen LogP contribution in [-0.4, -0.2) is 66.6 Å². The lowest BCUT2D eigenvalue weighted by Gasteiger charge is -2.28. The van der Waals surface area contributed by atoms with E-state index in [0.29, 0.717) is 31.0 Å². The second-order valence-electron chi connectivity index (χ2n) is 6.44.